The van der Waals surface area contributed by atoms with Gasteiger partial charge in [-0.25, -0.2) is 15.0 Å². The van der Waals surface area contributed by atoms with E-state index in [1.807, 2.05) is 0 Å². The van der Waals surface area contributed by atoms with E-state index in [-0.39, 0.29) is 11.5 Å². The average Bonchev–Trinajstić information content (AvgIpc) is 2.96. The van der Waals surface area contributed by atoms with Crippen molar-refractivity contribution in [2.24, 2.45) is 0 Å². The molecule has 3 heterocycles. The first-order chi connectivity index (χ1) is 9.50. The molecule has 4 atom stereocenters. The minimum absolute atomic E-state index is 0.178. The Hall–Kier alpha value is -1.81. The van der Waals surface area contributed by atoms with Gasteiger partial charge in [0, 0.05) is 0 Å². The number of hydrogen-bond acceptors (Lipinski definition) is 8. The number of aromatic nitrogens is 4. The SMILES string of the molecule is CC1O[C@H](CO)[C@@H](O)[C@]1(O)n1cnc2c(N)ncnc21. The fraction of sp³-hybridized carbons (Fsp3) is 0.545. The van der Waals surface area contributed by atoms with E-state index in [0.717, 1.165) is 0 Å². The summed E-state index contributed by atoms with van der Waals surface area (Å²) in [6.45, 7) is 1.19. The van der Waals surface area contributed by atoms with Gasteiger partial charge in [0.05, 0.1) is 12.9 Å². The van der Waals surface area contributed by atoms with Crippen LogP contribution in [0, 0.1) is 0 Å². The maximum absolute atomic E-state index is 10.8. The summed E-state index contributed by atoms with van der Waals surface area (Å²) in [5.74, 6) is 0.178. The van der Waals surface area contributed by atoms with Crippen molar-refractivity contribution in [2.75, 3.05) is 12.3 Å². The number of imidazole rings is 1. The second kappa shape index (κ2) is 4.35. The molecule has 20 heavy (non-hydrogen) atoms. The molecule has 1 aliphatic heterocycles. The standard InChI is InChI=1S/C11H15N5O4/c1-5-11(19,8(18)6(2-17)20-5)16-4-15-7-9(12)13-3-14-10(7)16/h3-6,8,17-19H,2H2,1H3,(H2,12,13,14)/t5?,6-,8-,11+/m1/s1. The smallest absolute Gasteiger partial charge is 0.199 e. The average molecular weight is 281 g/mol. The number of aliphatic hydroxyl groups excluding tert-OH is 2. The Bertz CT molecular complexity index is 647. The lowest BCUT2D eigenvalue weighted by Gasteiger charge is -2.30. The van der Waals surface area contributed by atoms with E-state index < -0.39 is 30.6 Å². The normalized spacial score (nSPS) is 33.9. The number of ether oxygens (including phenoxy) is 1. The van der Waals surface area contributed by atoms with Crippen molar-refractivity contribution >= 4 is 17.0 Å². The summed E-state index contributed by atoms with van der Waals surface area (Å²) in [4.78, 5) is 11.9. The van der Waals surface area contributed by atoms with Crippen molar-refractivity contribution in [3.05, 3.63) is 12.7 Å². The lowest BCUT2D eigenvalue weighted by molar-refractivity contribution is -0.133. The number of hydrogen-bond donors (Lipinski definition) is 4. The Morgan fingerprint density at radius 2 is 2.20 bits per heavy atom. The van der Waals surface area contributed by atoms with Crippen LogP contribution >= 0.6 is 0 Å². The Kier molecular flexibility index (Phi) is 2.87. The molecule has 0 aliphatic carbocycles. The zero-order valence-electron chi connectivity index (χ0n) is 10.7. The van der Waals surface area contributed by atoms with Crippen LogP contribution in [0.15, 0.2) is 12.7 Å². The quantitative estimate of drug-likeness (QED) is 0.505. The molecule has 0 aromatic carbocycles. The largest absolute Gasteiger partial charge is 0.394 e. The molecule has 9 nitrogen and oxygen atoms in total. The molecule has 5 N–H and O–H groups in total. The van der Waals surface area contributed by atoms with Gasteiger partial charge in [0.15, 0.2) is 17.2 Å². The summed E-state index contributed by atoms with van der Waals surface area (Å²) in [5, 5.41) is 30.2. The minimum Gasteiger partial charge on any atom is -0.394 e. The third-order valence-electron chi connectivity index (χ3n) is 3.69. The molecule has 108 valence electrons. The number of nitrogens with zero attached hydrogens (tertiary/aromatic N) is 4. The van der Waals surface area contributed by atoms with Crippen LogP contribution in [0.3, 0.4) is 0 Å². The summed E-state index contributed by atoms with van der Waals surface area (Å²) < 4.78 is 6.67. The molecule has 0 bridgehead atoms. The molecule has 3 rings (SSSR count). The third-order valence-corrected chi connectivity index (χ3v) is 3.69. The topological polar surface area (TPSA) is 140 Å². The Balaban J connectivity index is 2.17. The van der Waals surface area contributed by atoms with Crippen LogP contribution in [0.2, 0.25) is 0 Å². The van der Waals surface area contributed by atoms with Crippen molar-refractivity contribution in [1.82, 2.24) is 19.5 Å². The molecule has 2 aromatic rings. The van der Waals surface area contributed by atoms with Crippen LogP contribution in [0.4, 0.5) is 5.82 Å². The van der Waals surface area contributed by atoms with E-state index in [9.17, 15) is 15.3 Å². The summed E-state index contributed by atoms with van der Waals surface area (Å²) in [5.41, 5.74) is 4.51. The molecule has 0 saturated carbocycles. The van der Waals surface area contributed by atoms with E-state index in [2.05, 4.69) is 15.0 Å². The zero-order chi connectivity index (χ0) is 14.5. The molecule has 1 fully saturated rings. The number of rotatable bonds is 2. The summed E-state index contributed by atoms with van der Waals surface area (Å²) >= 11 is 0. The monoisotopic (exact) mass is 281 g/mol. The first-order valence-electron chi connectivity index (χ1n) is 6.11. The maximum atomic E-state index is 10.8. The molecule has 0 spiro atoms. The summed E-state index contributed by atoms with van der Waals surface area (Å²) in [6.07, 6.45) is -0.403. The Morgan fingerprint density at radius 1 is 1.45 bits per heavy atom. The first kappa shape index (κ1) is 13.2. The van der Waals surface area contributed by atoms with E-state index in [1.54, 1.807) is 6.92 Å². The van der Waals surface area contributed by atoms with E-state index in [0.29, 0.717) is 5.52 Å². The maximum Gasteiger partial charge on any atom is 0.199 e. The second-order valence-electron chi connectivity index (χ2n) is 4.77. The van der Waals surface area contributed by atoms with Gasteiger partial charge in [0.2, 0.25) is 0 Å². The van der Waals surface area contributed by atoms with Crippen LogP contribution < -0.4 is 5.73 Å². The lowest BCUT2D eigenvalue weighted by Crippen LogP contribution is -2.49. The Labute approximate surface area is 113 Å². The highest BCUT2D eigenvalue weighted by Crippen LogP contribution is 2.37. The molecule has 1 saturated heterocycles. The number of fused-ring (bicyclic) bond motifs is 1. The molecule has 1 aliphatic rings. The Morgan fingerprint density at radius 3 is 2.85 bits per heavy atom. The van der Waals surface area contributed by atoms with Crippen LogP contribution in [-0.2, 0) is 10.5 Å². The fourth-order valence-corrected chi connectivity index (χ4v) is 2.55. The van der Waals surface area contributed by atoms with Gasteiger partial charge < -0.3 is 25.8 Å². The van der Waals surface area contributed by atoms with Crippen LogP contribution in [-0.4, -0.2) is 59.8 Å². The molecule has 0 amide bonds. The fourth-order valence-electron chi connectivity index (χ4n) is 2.55. The van der Waals surface area contributed by atoms with Crippen molar-refractivity contribution in [1.29, 1.82) is 0 Å². The van der Waals surface area contributed by atoms with Gasteiger partial charge in [-0.1, -0.05) is 0 Å². The van der Waals surface area contributed by atoms with Gasteiger partial charge in [0.25, 0.3) is 0 Å². The van der Waals surface area contributed by atoms with Crippen LogP contribution in [0.5, 0.6) is 0 Å². The van der Waals surface area contributed by atoms with E-state index in [4.69, 9.17) is 10.5 Å². The van der Waals surface area contributed by atoms with Crippen molar-refractivity contribution in [3.63, 3.8) is 0 Å². The van der Waals surface area contributed by atoms with Gasteiger partial charge in [0.1, 0.15) is 30.2 Å². The molecular formula is C11H15N5O4. The number of nitrogen functional groups attached to an aromatic ring is 1. The number of aliphatic hydroxyl groups is 3. The first-order valence-corrected chi connectivity index (χ1v) is 6.11. The predicted molar refractivity (Wildman–Crippen MR) is 67.4 cm³/mol. The minimum atomic E-state index is -1.79. The van der Waals surface area contributed by atoms with Crippen LogP contribution in [0.25, 0.3) is 11.2 Å². The lowest BCUT2D eigenvalue weighted by atomic mass is 10.0. The highest BCUT2D eigenvalue weighted by molar-refractivity contribution is 5.81. The molecule has 2 aromatic heterocycles. The number of anilines is 1. The molecule has 1 unspecified atom stereocenters. The van der Waals surface area contributed by atoms with Gasteiger partial charge in [-0.15, -0.1) is 0 Å². The second-order valence-corrected chi connectivity index (χ2v) is 4.77. The van der Waals surface area contributed by atoms with Gasteiger partial charge in [-0.05, 0) is 6.92 Å². The molecule has 0 radical (unpaired) electrons. The number of nitrogens with two attached hydrogens (primary N) is 1. The van der Waals surface area contributed by atoms with Crippen molar-refractivity contribution in [3.8, 4) is 0 Å². The molecular weight excluding hydrogens is 266 g/mol. The highest BCUT2D eigenvalue weighted by atomic mass is 16.6. The van der Waals surface area contributed by atoms with E-state index in [1.165, 1.54) is 17.2 Å². The highest BCUT2D eigenvalue weighted by Gasteiger charge is 2.55. The predicted octanol–water partition coefficient (Wildman–Crippen LogP) is -1.81. The van der Waals surface area contributed by atoms with Gasteiger partial charge in [-0.3, -0.25) is 4.57 Å². The summed E-state index contributed by atoms with van der Waals surface area (Å²) in [7, 11) is 0. The molecule has 9 heteroatoms. The van der Waals surface area contributed by atoms with Crippen molar-refractivity contribution < 1.29 is 20.1 Å². The third kappa shape index (κ3) is 1.54. The van der Waals surface area contributed by atoms with Crippen molar-refractivity contribution in [2.45, 2.75) is 31.0 Å². The summed E-state index contributed by atoms with van der Waals surface area (Å²) in [6, 6.07) is 0. The van der Waals surface area contributed by atoms with E-state index >= 15 is 0 Å². The van der Waals surface area contributed by atoms with Gasteiger partial charge >= 0.3 is 0 Å². The van der Waals surface area contributed by atoms with Crippen LogP contribution in [0.1, 0.15) is 6.92 Å². The van der Waals surface area contributed by atoms with Gasteiger partial charge in [-0.2, -0.15) is 0 Å². The zero-order valence-corrected chi connectivity index (χ0v) is 10.7.